The Bertz CT molecular complexity index is 332. The zero-order chi connectivity index (χ0) is 8.43. The van der Waals surface area contributed by atoms with Gasteiger partial charge in [-0.05, 0) is 12.8 Å². The number of rotatable bonds is 1. The molecule has 56 valence electrons. The maximum absolute atomic E-state index is 10.8. The summed E-state index contributed by atoms with van der Waals surface area (Å²) in [6.45, 7) is 3.35. The van der Waals surface area contributed by atoms with Gasteiger partial charge in [-0.25, -0.2) is 4.98 Å². The predicted molar refractivity (Wildman–Crippen MR) is 44.8 cm³/mol. The number of hydrogen-bond acceptors (Lipinski definition) is 3. The average molecular weight is 165 g/mol. The standard InChI is InChI=1S/C8H7NOS/c1-4-7-6(3)11-8(9-7)5(2)10/h1H,2-3H3. The molecule has 0 amide bonds. The largest absolute Gasteiger partial charge is 0.292 e. The fourth-order valence-electron chi connectivity index (χ4n) is 0.681. The van der Waals surface area contributed by atoms with Crippen LogP contribution in [0.5, 0.6) is 0 Å². The van der Waals surface area contributed by atoms with E-state index in [4.69, 9.17) is 6.42 Å². The van der Waals surface area contributed by atoms with Gasteiger partial charge in [-0.3, -0.25) is 4.79 Å². The highest BCUT2D eigenvalue weighted by Gasteiger charge is 2.07. The number of carbonyl (C=O) groups is 1. The van der Waals surface area contributed by atoms with Crippen LogP contribution in [0.3, 0.4) is 0 Å². The Morgan fingerprint density at radius 2 is 2.36 bits per heavy atom. The smallest absolute Gasteiger partial charge is 0.188 e. The van der Waals surface area contributed by atoms with Crippen molar-refractivity contribution < 1.29 is 4.79 Å². The third-order valence-corrected chi connectivity index (χ3v) is 2.31. The van der Waals surface area contributed by atoms with Gasteiger partial charge in [0, 0.05) is 11.8 Å². The van der Waals surface area contributed by atoms with Gasteiger partial charge in [-0.1, -0.05) is 0 Å². The quantitative estimate of drug-likeness (QED) is 0.467. The minimum Gasteiger partial charge on any atom is -0.292 e. The number of aryl methyl sites for hydroxylation is 1. The van der Waals surface area contributed by atoms with Gasteiger partial charge in [0.05, 0.1) is 0 Å². The molecule has 0 aliphatic carbocycles. The van der Waals surface area contributed by atoms with Crippen LogP contribution in [0.4, 0.5) is 0 Å². The van der Waals surface area contributed by atoms with Crippen LogP contribution in [0, 0.1) is 19.3 Å². The first-order valence-electron chi connectivity index (χ1n) is 3.10. The van der Waals surface area contributed by atoms with E-state index in [-0.39, 0.29) is 5.78 Å². The SMILES string of the molecule is C#Cc1nc(C(C)=O)sc1C. The van der Waals surface area contributed by atoms with Gasteiger partial charge < -0.3 is 0 Å². The zero-order valence-electron chi connectivity index (χ0n) is 6.34. The van der Waals surface area contributed by atoms with Crippen molar-refractivity contribution in [3.63, 3.8) is 0 Å². The highest BCUT2D eigenvalue weighted by Crippen LogP contribution is 2.16. The minimum atomic E-state index is -0.0281. The monoisotopic (exact) mass is 165 g/mol. The van der Waals surface area contributed by atoms with E-state index < -0.39 is 0 Å². The first-order chi connectivity index (χ1) is 5.15. The lowest BCUT2D eigenvalue weighted by Crippen LogP contribution is -1.89. The number of Topliss-reactive ketones (excluding diaryl/α,β-unsaturated/α-hetero) is 1. The second-order valence-electron chi connectivity index (χ2n) is 2.12. The Kier molecular flexibility index (Phi) is 2.06. The lowest BCUT2D eigenvalue weighted by atomic mass is 10.4. The van der Waals surface area contributed by atoms with E-state index in [1.165, 1.54) is 18.3 Å². The molecular formula is C8H7NOS. The van der Waals surface area contributed by atoms with Gasteiger partial charge >= 0.3 is 0 Å². The molecule has 0 aliphatic rings. The van der Waals surface area contributed by atoms with Crippen molar-refractivity contribution in [1.29, 1.82) is 0 Å². The molecule has 0 atom stereocenters. The van der Waals surface area contributed by atoms with Crippen LogP contribution >= 0.6 is 11.3 Å². The Balaban J connectivity index is 3.18. The molecule has 0 aliphatic heterocycles. The number of thiazole rings is 1. The number of ketones is 1. The van der Waals surface area contributed by atoms with Crippen LogP contribution in [0.25, 0.3) is 0 Å². The van der Waals surface area contributed by atoms with Crippen LogP contribution in [0.15, 0.2) is 0 Å². The van der Waals surface area contributed by atoms with Crippen LogP contribution in [-0.4, -0.2) is 10.8 Å². The Morgan fingerprint density at radius 3 is 2.64 bits per heavy atom. The van der Waals surface area contributed by atoms with Crippen LogP contribution in [0.1, 0.15) is 27.3 Å². The predicted octanol–water partition coefficient (Wildman–Crippen LogP) is 1.64. The van der Waals surface area contributed by atoms with Gasteiger partial charge in [-0.15, -0.1) is 17.8 Å². The summed E-state index contributed by atoms with van der Waals surface area (Å²) in [6.07, 6.45) is 5.15. The molecule has 1 aromatic heterocycles. The molecule has 3 heteroatoms. The Hall–Kier alpha value is -1.14. The third-order valence-electron chi connectivity index (χ3n) is 1.23. The first kappa shape index (κ1) is 7.96. The summed E-state index contributed by atoms with van der Waals surface area (Å²) in [5.74, 6) is 2.39. The average Bonchev–Trinajstić information content (AvgIpc) is 2.31. The Labute approximate surface area is 69.3 Å². The number of hydrogen-bond donors (Lipinski definition) is 0. The summed E-state index contributed by atoms with van der Waals surface area (Å²) in [7, 11) is 0. The fraction of sp³-hybridized carbons (Fsp3) is 0.250. The molecule has 0 aromatic carbocycles. The third kappa shape index (κ3) is 1.47. The maximum atomic E-state index is 10.8. The van der Waals surface area contributed by atoms with Gasteiger partial charge in [0.2, 0.25) is 0 Å². The van der Waals surface area contributed by atoms with Crippen molar-refractivity contribution in [3.8, 4) is 12.3 Å². The van der Waals surface area contributed by atoms with E-state index in [0.717, 1.165) is 4.88 Å². The van der Waals surface area contributed by atoms with E-state index in [0.29, 0.717) is 10.7 Å². The number of terminal acetylenes is 1. The highest BCUT2D eigenvalue weighted by molar-refractivity contribution is 7.13. The molecule has 0 saturated carbocycles. The molecule has 0 N–H and O–H groups in total. The van der Waals surface area contributed by atoms with Gasteiger partial charge in [0.1, 0.15) is 5.69 Å². The van der Waals surface area contributed by atoms with Crippen molar-refractivity contribution >= 4 is 17.1 Å². The molecule has 1 aromatic rings. The molecule has 0 unspecified atom stereocenters. The van der Waals surface area contributed by atoms with E-state index in [1.54, 1.807) is 0 Å². The molecule has 2 nitrogen and oxygen atoms in total. The molecule has 0 spiro atoms. The van der Waals surface area contributed by atoms with Gasteiger partial charge in [0.15, 0.2) is 10.8 Å². The molecule has 11 heavy (non-hydrogen) atoms. The van der Waals surface area contributed by atoms with Crippen molar-refractivity contribution in [1.82, 2.24) is 4.98 Å². The van der Waals surface area contributed by atoms with E-state index in [9.17, 15) is 4.79 Å². The number of carbonyl (C=O) groups excluding carboxylic acids is 1. The maximum Gasteiger partial charge on any atom is 0.188 e. The topological polar surface area (TPSA) is 30.0 Å². The van der Waals surface area contributed by atoms with E-state index in [2.05, 4.69) is 10.9 Å². The van der Waals surface area contributed by atoms with Gasteiger partial charge in [0.25, 0.3) is 0 Å². The number of aromatic nitrogens is 1. The van der Waals surface area contributed by atoms with Crippen molar-refractivity contribution in [3.05, 3.63) is 15.6 Å². The summed E-state index contributed by atoms with van der Waals surface area (Å²) in [4.78, 5) is 15.7. The Morgan fingerprint density at radius 1 is 1.73 bits per heavy atom. The number of nitrogens with zero attached hydrogens (tertiary/aromatic N) is 1. The molecule has 0 bridgehead atoms. The van der Waals surface area contributed by atoms with Crippen molar-refractivity contribution in [2.24, 2.45) is 0 Å². The summed E-state index contributed by atoms with van der Waals surface area (Å²) >= 11 is 1.34. The normalized spacial score (nSPS) is 9.18. The first-order valence-corrected chi connectivity index (χ1v) is 3.91. The zero-order valence-corrected chi connectivity index (χ0v) is 7.16. The molecule has 1 heterocycles. The lowest BCUT2D eigenvalue weighted by Gasteiger charge is -1.79. The van der Waals surface area contributed by atoms with Crippen molar-refractivity contribution in [2.75, 3.05) is 0 Å². The summed E-state index contributed by atoms with van der Waals surface area (Å²) in [5, 5.41) is 0.496. The summed E-state index contributed by atoms with van der Waals surface area (Å²) in [5.41, 5.74) is 0.584. The van der Waals surface area contributed by atoms with Crippen LogP contribution in [0.2, 0.25) is 0 Å². The van der Waals surface area contributed by atoms with E-state index in [1.807, 2.05) is 6.92 Å². The molecular weight excluding hydrogens is 158 g/mol. The summed E-state index contributed by atoms with van der Waals surface area (Å²) < 4.78 is 0. The highest BCUT2D eigenvalue weighted by atomic mass is 32.1. The fourth-order valence-corrected chi connectivity index (χ4v) is 1.45. The molecule has 0 saturated heterocycles. The van der Waals surface area contributed by atoms with Crippen LogP contribution < -0.4 is 0 Å². The molecule has 0 radical (unpaired) electrons. The van der Waals surface area contributed by atoms with Crippen LogP contribution in [-0.2, 0) is 0 Å². The molecule has 0 fully saturated rings. The second-order valence-corrected chi connectivity index (χ2v) is 3.33. The summed E-state index contributed by atoms with van der Waals surface area (Å²) in [6, 6.07) is 0. The lowest BCUT2D eigenvalue weighted by molar-refractivity contribution is 0.101. The molecule has 1 rings (SSSR count). The minimum absolute atomic E-state index is 0.0281. The second kappa shape index (κ2) is 2.85. The van der Waals surface area contributed by atoms with E-state index >= 15 is 0 Å². The van der Waals surface area contributed by atoms with Crippen molar-refractivity contribution in [2.45, 2.75) is 13.8 Å². The van der Waals surface area contributed by atoms with Gasteiger partial charge in [-0.2, -0.15) is 0 Å².